The zero-order valence-corrected chi connectivity index (χ0v) is 21.1. The first-order valence-electron chi connectivity index (χ1n) is 13.0. The van der Waals surface area contributed by atoms with Crippen molar-refractivity contribution in [2.24, 2.45) is 0 Å². The molecule has 0 radical (unpaired) electrons. The van der Waals surface area contributed by atoms with Gasteiger partial charge in [-0.25, -0.2) is 8.78 Å². The predicted molar refractivity (Wildman–Crippen MR) is 136 cm³/mol. The molecule has 0 amide bonds. The number of nitrogens with zero attached hydrogens (tertiary/aromatic N) is 1. The third-order valence-electron chi connectivity index (χ3n) is 7.72. The molecule has 0 bridgehead atoms. The lowest BCUT2D eigenvalue weighted by atomic mass is 9.84. The van der Waals surface area contributed by atoms with Gasteiger partial charge in [0.1, 0.15) is 18.0 Å². The van der Waals surface area contributed by atoms with Gasteiger partial charge in [-0.15, -0.1) is 0 Å². The maximum atomic E-state index is 16.3. The second-order valence-electron chi connectivity index (χ2n) is 10.3. The first kappa shape index (κ1) is 25.2. The van der Waals surface area contributed by atoms with E-state index in [0.29, 0.717) is 50.1 Å². The summed E-state index contributed by atoms with van der Waals surface area (Å²) in [5, 5.41) is 3.09. The minimum atomic E-state index is -1.21. The molecule has 1 aliphatic heterocycles. The molecule has 0 unspecified atom stereocenters. The molecule has 1 heterocycles. The van der Waals surface area contributed by atoms with Gasteiger partial charge in [-0.3, -0.25) is 9.29 Å². The molecule has 1 N–H and O–H groups in total. The van der Waals surface area contributed by atoms with Gasteiger partial charge in [-0.2, -0.15) is 0 Å². The Morgan fingerprint density at radius 3 is 2.64 bits per heavy atom. The van der Waals surface area contributed by atoms with E-state index in [9.17, 15) is 4.39 Å². The Bertz CT molecular complexity index is 1130. The van der Waals surface area contributed by atoms with Gasteiger partial charge in [0.25, 0.3) is 0 Å². The average molecular weight is 501 g/mol. The third kappa shape index (κ3) is 4.88. The van der Waals surface area contributed by atoms with E-state index < -0.39 is 17.5 Å². The smallest absolute Gasteiger partial charge is 0.173 e. The second kappa shape index (κ2) is 10.5. The number of rotatable bonds is 11. The molecule has 2 aromatic carbocycles. The molecular weight excluding hydrogens is 465 g/mol. The molecule has 1 fully saturated rings. The fourth-order valence-corrected chi connectivity index (χ4v) is 5.68. The number of ether oxygens (including phenoxy) is 2. The molecular formula is C29H35F3N2O2. The van der Waals surface area contributed by atoms with Gasteiger partial charge in [0.2, 0.25) is 0 Å². The van der Waals surface area contributed by atoms with Crippen LogP contribution >= 0.6 is 0 Å². The van der Waals surface area contributed by atoms with Gasteiger partial charge >= 0.3 is 0 Å². The van der Waals surface area contributed by atoms with Gasteiger partial charge < -0.3 is 14.8 Å². The molecule has 7 heteroatoms. The van der Waals surface area contributed by atoms with Gasteiger partial charge in [0.05, 0.1) is 25.4 Å². The molecule has 4 nitrogen and oxygen atoms in total. The Hall–Kier alpha value is -2.51. The molecule has 1 saturated carbocycles. The first-order valence-corrected chi connectivity index (χ1v) is 13.0. The van der Waals surface area contributed by atoms with Crippen molar-refractivity contribution < 1.29 is 22.6 Å². The average Bonchev–Trinajstić information content (AvgIpc) is 3.50. The van der Waals surface area contributed by atoms with Gasteiger partial charge in [-0.05, 0) is 80.0 Å². The van der Waals surface area contributed by atoms with E-state index in [1.165, 1.54) is 16.7 Å². The van der Waals surface area contributed by atoms with Crippen LogP contribution in [0.25, 0.3) is 5.57 Å². The lowest BCUT2D eigenvalue weighted by Gasteiger charge is -2.43. The summed E-state index contributed by atoms with van der Waals surface area (Å²) >= 11 is 0. The molecule has 5 rings (SSSR count). The predicted octanol–water partition coefficient (Wildman–Crippen LogP) is 5.81. The minimum Gasteiger partial charge on any atom is -0.496 e. The number of fused-ring (bicyclic) bond motifs is 2. The second-order valence-corrected chi connectivity index (χ2v) is 10.3. The number of hydrogen-bond donors (Lipinski definition) is 1. The van der Waals surface area contributed by atoms with E-state index in [4.69, 9.17) is 9.47 Å². The lowest BCUT2D eigenvalue weighted by Crippen LogP contribution is -2.45. The Morgan fingerprint density at radius 1 is 1.11 bits per heavy atom. The van der Waals surface area contributed by atoms with E-state index in [0.717, 1.165) is 12.0 Å². The van der Waals surface area contributed by atoms with Crippen molar-refractivity contribution in [1.82, 2.24) is 10.2 Å². The monoisotopic (exact) mass is 500 g/mol. The van der Waals surface area contributed by atoms with Gasteiger partial charge in [-0.1, -0.05) is 24.3 Å². The van der Waals surface area contributed by atoms with Crippen molar-refractivity contribution in [3.63, 3.8) is 0 Å². The largest absolute Gasteiger partial charge is 0.496 e. The highest BCUT2D eigenvalue weighted by Gasteiger charge is 2.50. The summed E-state index contributed by atoms with van der Waals surface area (Å²) in [6, 6.07) is 11.3. The van der Waals surface area contributed by atoms with Crippen LogP contribution in [0.5, 0.6) is 11.5 Å². The highest BCUT2D eigenvalue weighted by Crippen LogP contribution is 2.53. The summed E-state index contributed by atoms with van der Waals surface area (Å²) in [5.41, 5.74) is 4.02. The highest BCUT2D eigenvalue weighted by molar-refractivity contribution is 5.79. The van der Waals surface area contributed by atoms with E-state index in [2.05, 4.69) is 29.3 Å². The fraction of sp³-hybridized carbons (Fsp3) is 0.517. The van der Waals surface area contributed by atoms with Crippen LogP contribution in [0.4, 0.5) is 13.2 Å². The van der Waals surface area contributed by atoms with Crippen LogP contribution in [0.1, 0.15) is 55.3 Å². The zero-order valence-electron chi connectivity index (χ0n) is 21.1. The quantitative estimate of drug-likeness (QED) is 0.395. The lowest BCUT2D eigenvalue weighted by molar-refractivity contribution is 0.0980. The topological polar surface area (TPSA) is 33.7 Å². The number of hydrogen-bond acceptors (Lipinski definition) is 4. The summed E-state index contributed by atoms with van der Waals surface area (Å²) in [7, 11) is 1.54. The molecule has 0 saturated heterocycles. The van der Waals surface area contributed by atoms with Crippen molar-refractivity contribution in [3.05, 3.63) is 64.5 Å². The Balaban J connectivity index is 1.52. The van der Waals surface area contributed by atoms with E-state index in [1.54, 1.807) is 19.2 Å². The minimum absolute atomic E-state index is 0.0431. The summed E-state index contributed by atoms with van der Waals surface area (Å²) in [4.78, 5) is 2.14. The molecule has 2 aromatic rings. The van der Waals surface area contributed by atoms with Gasteiger partial charge in [0.15, 0.2) is 11.6 Å². The summed E-state index contributed by atoms with van der Waals surface area (Å²) < 4.78 is 55.2. The Kier molecular flexibility index (Phi) is 7.31. The number of alkyl halides is 2. The van der Waals surface area contributed by atoms with Crippen LogP contribution in [-0.4, -0.2) is 56.6 Å². The zero-order chi connectivity index (χ0) is 25.3. The number of halogens is 3. The van der Waals surface area contributed by atoms with Crippen molar-refractivity contribution in [2.45, 2.75) is 56.8 Å². The molecule has 3 aliphatic rings. The van der Waals surface area contributed by atoms with E-state index >= 15 is 8.78 Å². The third-order valence-corrected chi connectivity index (χ3v) is 7.72. The van der Waals surface area contributed by atoms with Gasteiger partial charge in [0, 0.05) is 19.1 Å². The SMILES string of the molecule is COc1ccc(OCCNCCCF)c(F)c1[C@@H]1C2=C(C[C@@H](C)N1CC1(F)CC1)c1ccccc1C2. The van der Waals surface area contributed by atoms with E-state index in [1.807, 2.05) is 12.1 Å². The summed E-state index contributed by atoms with van der Waals surface area (Å²) in [5.74, 6) is 0.126. The summed E-state index contributed by atoms with van der Waals surface area (Å²) in [6.07, 6.45) is 3.06. The number of benzene rings is 2. The van der Waals surface area contributed by atoms with Crippen molar-refractivity contribution in [2.75, 3.05) is 40.0 Å². The van der Waals surface area contributed by atoms with Crippen LogP contribution in [0, 0.1) is 5.82 Å². The van der Waals surface area contributed by atoms with Crippen LogP contribution in [0.15, 0.2) is 42.0 Å². The van der Waals surface area contributed by atoms with Crippen LogP contribution < -0.4 is 14.8 Å². The number of nitrogens with one attached hydrogen (secondary N) is 1. The summed E-state index contributed by atoms with van der Waals surface area (Å²) in [6.45, 7) is 3.31. The normalized spacial score (nSPS) is 22.4. The maximum absolute atomic E-state index is 16.3. The van der Waals surface area contributed by atoms with Crippen LogP contribution in [0.3, 0.4) is 0 Å². The molecule has 36 heavy (non-hydrogen) atoms. The fourth-order valence-electron chi connectivity index (χ4n) is 5.68. The molecule has 2 aliphatic carbocycles. The Labute approximate surface area is 211 Å². The Morgan fingerprint density at radius 2 is 1.89 bits per heavy atom. The highest BCUT2D eigenvalue weighted by atomic mass is 19.1. The number of methoxy groups -OCH3 is 1. The molecule has 194 valence electrons. The standard InChI is InChI=1S/C29H35F3N2O2/c1-19-16-22-21-7-4-3-6-20(21)17-23(22)28(34(19)18-29(32)10-11-29)26-24(35-2)8-9-25(27(26)31)36-15-14-33-13-5-12-30/h3-4,6-9,19,28,33H,5,10-18H2,1-2H3/t19-,28+/m1/s1. The molecule has 2 atom stereocenters. The van der Waals surface area contributed by atoms with Crippen LogP contribution in [0.2, 0.25) is 0 Å². The first-order chi connectivity index (χ1) is 17.5. The maximum Gasteiger partial charge on any atom is 0.173 e. The van der Waals surface area contributed by atoms with E-state index in [-0.39, 0.29) is 31.6 Å². The van der Waals surface area contributed by atoms with Crippen molar-refractivity contribution in [1.29, 1.82) is 0 Å². The van der Waals surface area contributed by atoms with Crippen LogP contribution in [-0.2, 0) is 6.42 Å². The van der Waals surface area contributed by atoms with Crippen molar-refractivity contribution >= 4 is 5.57 Å². The molecule has 0 spiro atoms. The van der Waals surface area contributed by atoms with Crippen molar-refractivity contribution in [3.8, 4) is 11.5 Å². The molecule has 0 aromatic heterocycles.